The van der Waals surface area contributed by atoms with Gasteiger partial charge in [-0.1, -0.05) is 24.3 Å². The summed E-state index contributed by atoms with van der Waals surface area (Å²) in [6.07, 6.45) is 2.00. The third kappa shape index (κ3) is 4.78. The Morgan fingerprint density at radius 3 is 2.04 bits per heavy atom. The molecule has 0 radical (unpaired) electrons. The van der Waals surface area contributed by atoms with Crippen molar-refractivity contribution in [3.63, 3.8) is 0 Å². The number of nitrogens with one attached hydrogen (secondary N) is 2. The van der Waals surface area contributed by atoms with Gasteiger partial charge in [-0.3, -0.25) is 9.59 Å². The monoisotopic (exact) mass is 440 g/mol. The van der Waals surface area contributed by atoms with Crippen molar-refractivity contribution in [3.05, 3.63) is 88.4 Å². The second kappa shape index (κ2) is 8.88. The molecule has 0 unspecified atom stereocenters. The van der Waals surface area contributed by atoms with Crippen LogP contribution in [0.15, 0.2) is 82.2 Å². The Labute approximate surface area is 170 Å². The molecule has 0 saturated heterocycles. The van der Waals surface area contributed by atoms with Crippen LogP contribution >= 0.6 is 27.7 Å². The molecule has 0 aliphatic heterocycles. The molecule has 6 heteroatoms. The van der Waals surface area contributed by atoms with Crippen LogP contribution in [0.25, 0.3) is 0 Å². The molecule has 0 fully saturated rings. The van der Waals surface area contributed by atoms with E-state index in [1.165, 1.54) is 0 Å². The Hall–Kier alpha value is -2.57. The van der Waals surface area contributed by atoms with Gasteiger partial charge in [-0.25, -0.2) is 0 Å². The van der Waals surface area contributed by atoms with Gasteiger partial charge in [-0.05, 0) is 70.7 Å². The minimum atomic E-state index is -0.285. The minimum Gasteiger partial charge on any atom is -0.322 e. The summed E-state index contributed by atoms with van der Waals surface area (Å²) >= 11 is 5.01. The highest BCUT2D eigenvalue weighted by atomic mass is 79.9. The van der Waals surface area contributed by atoms with E-state index in [9.17, 15) is 9.59 Å². The highest BCUT2D eigenvalue weighted by Gasteiger charge is 2.15. The van der Waals surface area contributed by atoms with Crippen molar-refractivity contribution < 1.29 is 9.59 Å². The van der Waals surface area contributed by atoms with E-state index in [1.807, 2.05) is 36.6 Å². The molecule has 2 N–H and O–H groups in total. The van der Waals surface area contributed by atoms with Gasteiger partial charge in [0.05, 0.1) is 16.8 Å². The largest absolute Gasteiger partial charge is 0.322 e. The molecule has 2 amide bonds. The van der Waals surface area contributed by atoms with Crippen LogP contribution in [-0.4, -0.2) is 18.1 Å². The number of carbonyl (C=O) groups is 2. The first-order chi connectivity index (χ1) is 13.1. The van der Waals surface area contributed by atoms with Crippen LogP contribution in [0.2, 0.25) is 0 Å². The smallest absolute Gasteiger partial charge is 0.257 e. The lowest BCUT2D eigenvalue weighted by Crippen LogP contribution is -2.18. The third-order valence-electron chi connectivity index (χ3n) is 3.89. The lowest BCUT2D eigenvalue weighted by atomic mass is 10.1. The number of hydrogen-bond donors (Lipinski definition) is 2. The summed E-state index contributed by atoms with van der Waals surface area (Å²) in [5, 5.41) is 5.69. The predicted octanol–water partition coefficient (Wildman–Crippen LogP) is 5.68. The van der Waals surface area contributed by atoms with Crippen molar-refractivity contribution in [1.29, 1.82) is 0 Å². The lowest BCUT2D eigenvalue weighted by Gasteiger charge is -2.12. The predicted molar refractivity (Wildman–Crippen MR) is 115 cm³/mol. The maximum absolute atomic E-state index is 12.7. The molecule has 136 valence electrons. The zero-order chi connectivity index (χ0) is 19.2. The van der Waals surface area contributed by atoms with Gasteiger partial charge in [0, 0.05) is 15.1 Å². The molecular weight excluding hydrogens is 424 g/mol. The van der Waals surface area contributed by atoms with Gasteiger partial charge in [-0.15, -0.1) is 11.8 Å². The Morgan fingerprint density at radius 2 is 1.37 bits per heavy atom. The molecule has 3 aromatic rings. The standard InChI is InChI=1S/C21H17BrN2O2S/c1-27-15-12-10-14(11-13-15)23-21(26)17-7-3-5-9-19(17)24-20(25)16-6-2-4-8-18(16)22/h2-13H,1H3,(H,23,26)(H,24,25). The number of hydrogen-bond acceptors (Lipinski definition) is 3. The first-order valence-corrected chi connectivity index (χ1v) is 10.2. The van der Waals surface area contributed by atoms with Crippen LogP contribution in [-0.2, 0) is 0 Å². The summed E-state index contributed by atoms with van der Waals surface area (Å²) in [6.45, 7) is 0. The summed E-state index contributed by atoms with van der Waals surface area (Å²) in [6, 6.07) is 21.7. The highest BCUT2D eigenvalue weighted by Crippen LogP contribution is 2.22. The number of rotatable bonds is 5. The molecule has 27 heavy (non-hydrogen) atoms. The second-order valence-corrected chi connectivity index (χ2v) is 7.40. The van der Waals surface area contributed by atoms with Crippen LogP contribution in [0, 0.1) is 0 Å². The highest BCUT2D eigenvalue weighted by molar-refractivity contribution is 9.10. The molecule has 0 spiro atoms. The SMILES string of the molecule is CSc1ccc(NC(=O)c2ccccc2NC(=O)c2ccccc2Br)cc1. The maximum atomic E-state index is 12.7. The summed E-state index contributed by atoms with van der Waals surface area (Å²) < 4.78 is 0.693. The molecule has 0 bridgehead atoms. The summed E-state index contributed by atoms with van der Waals surface area (Å²) in [4.78, 5) is 26.4. The van der Waals surface area contributed by atoms with Crippen LogP contribution in [0.5, 0.6) is 0 Å². The quantitative estimate of drug-likeness (QED) is 0.502. The number of benzene rings is 3. The third-order valence-corrected chi connectivity index (χ3v) is 5.32. The topological polar surface area (TPSA) is 58.2 Å². The van der Waals surface area contributed by atoms with E-state index >= 15 is 0 Å². The van der Waals surface area contributed by atoms with Crippen LogP contribution in [0.3, 0.4) is 0 Å². The van der Waals surface area contributed by atoms with Crippen molar-refractivity contribution in [2.75, 3.05) is 16.9 Å². The van der Waals surface area contributed by atoms with E-state index in [2.05, 4.69) is 26.6 Å². The zero-order valence-corrected chi connectivity index (χ0v) is 16.9. The molecule has 0 heterocycles. The van der Waals surface area contributed by atoms with Crippen molar-refractivity contribution in [1.82, 2.24) is 0 Å². The van der Waals surface area contributed by atoms with Crippen molar-refractivity contribution in [2.24, 2.45) is 0 Å². The summed E-state index contributed by atoms with van der Waals surface area (Å²) in [5.74, 6) is -0.568. The zero-order valence-electron chi connectivity index (χ0n) is 14.5. The molecule has 0 aromatic heterocycles. The van der Waals surface area contributed by atoms with Gasteiger partial charge >= 0.3 is 0 Å². The lowest BCUT2D eigenvalue weighted by molar-refractivity contribution is 0.102. The Bertz CT molecular complexity index is 974. The molecular formula is C21H17BrN2O2S. The molecule has 0 aliphatic carbocycles. The average molecular weight is 441 g/mol. The molecule has 3 aromatic carbocycles. The van der Waals surface area contributed by atoms with Gasteiger partial charge in [0.25, 0.3) is 11.8 Å². The fraction of sp³-hybridized carbons (Fsp3) is 0.0476. The maximum Gasteiger partial charge on any atom is 0.257 e. The molecule has 4 nitrogen and oxygen atoms in total. The Kier molecular flexibility index (Phi) is 6.32. The molecule has 0 atom stereocenters. The van der Waals surface area contributed by atoms with Crippen LogP contribution in [0.4, 0.5) is 11.4 Å². The van der Waals surface area contributed by atoms with Crippen molar-refractivity contribution in [2.45, 2.75) is 4.90 Å². The molecule has 3 rings (SSSR count). The number of thioether (sulfide) groups is 1. The van der Waals surface area contributed by atoms with E-state index < -0.39 is 0 Å². The Morgan fingerprint density at radius 1 is 0.778 bits per heavy atom. The van der Waals surface area contributed by atoms with Gasteiger partial charge in [-0.2, -0.15) is 0 Å². The fourth-order valence-corrected chi connectivity index (χ4v) is 3.37. The number of amides is 2. The van der Waals surface area contributed by atoms with E-state index in [0.717, 1.165) is 4.90 Å². The number of para-hydroxylation sites is 1. The van der Waals surface area contributed by atoms with Gasteiger partial charge < -0.3 is 10.6 Å². The van der Waals surface area contributed by atoms with E-state index in [4.69, 9.17) is 0 Å². The van der Waals surface area contributed by atoms with Crippen molar-refractivity contribution in [3.8, 4) is 0 Å². The van der Waals surface area contributed by atoms with Gasteiger partial charge in [0.1, 0.15) is 0 Å². The number of halogens is 1. The fourth-order valence-electron chi connectivity index (χ4n) is 2.50. The normalized spacial score (nSPS) is 10.3. The van der Waals surface area contributed by atoms with Crippen molar-refractivity contribution >= 4 is 50.9 Å². The molecule has 0 aliphatic rings. The minimum absolute atomic E-state index is 0.282. The van der Waals surface area contributed by atoms with Crippen LogP contribution < -0.4 is 10.6 Å². The summed E-state index contributed by atoms with van der Waals surface area (Å²) in [7, 11) is 0. The first kappa shape index (κ1) is 19.2. The van der Waals surface area contributed by atoms with E-state index in [0.29, 0.717) is 27.0 Å². The second-order valence-electron chi connectivity index (χ2n) is 5.66. The Balaban J connectivity index is 1.79. The van der Waals surface area contributed by atoms with Crippen LogP contribution in [0.1, 0.15) is 20.7 Å². The number of anilines is 2. The van der Waals surface area contributed by atoms with E-state index in [-0.39, 0.29) is 11.8 Å². The summed E-state index contributed by atoms with van der Waals surface area (Å²) in [5.41, 5.74) is 2.05. The van der Waals surface area contributed by atoms with E-state index in [1.54, 1.807) is 54.2 Å². The molecule has 0 saturated carbocycles. The van der Waals surface area contributed by atoms with Gasteiger partial charge in [0.15, 0.2) is 0 Å². The van der Waals surface area contributed by atoms with Gasteiger partial charge in [0.2, 0.25) is 0 Å². The average Bonchev–Trinajstić information content (AvgIpc) is 2.69. The first-order valence-electron chi connectivity index (χ1n) is 8.19. The number of carbonyl (C=O) groups excluding carboxylic acids is 2.